The Hall–Kier alpha value is -1.72. The highest BCUT2D eigenvalue weighted by molar-refractivity contribution is 5.67. The number of morpholine rings is 1. The molecular weight excluding hydrogens is 348 g/mol. The smallest absolute Gasteiger partial charge is 0.0594 e. The minimum Gasteiger partial charge on any atom is -0.396 e. The second-order valence-corrected chi connectivity index (χ2v) is 8.33. The Labute approximate surface area is 168 Å². The lowest BCUT2D eigenvalue weighted by atomic mass is 9.96. The van der Waals surface area contributed by atoms with E-state index in [2.05, 4.69) is 65.3 Å². The van der Waals surface area contributed by atoms with Crippen LogP contribution >= 0.6 is 0 Å². The van der Waals surface area contributed by atoms with Gasteiger partial charge < -0.3 is 9.84 Å². The maximum absolute atomic E-state index is 9.90. The van der Waals surface area contributed by atoms with Crippen LogP contribution in [-0.2, 0) is 11.3 Å². The standard InChI is InChI=1S/C24H32N2O2/c1-19-5-2-3-8-24(19)21-7-4-6-20(13-21)14-26-16-22(23(17-26)18-27)15-25-9-11-28-12-10-25/h2-8,13,22-23,27H,9-12,14-18H2,1H3/t22-,23-/m1/s1. The van der Waals surface area contributed by atoms with Crippen LogP contribution in [0.5, 0.6) is 0 Å². The fraction of sp³-hybridized carbons (Fsp3) is 0.500. The molecule has 2 fully saturated rings. The number of ether oxygens (including phenoxy) is 1. The summed E-state index contributed by atoms with van der Waals surface area (Å²) >= 11 is 0. The number of benzene rings is 2. The van der Waals surface area contributed by atoms with Gasteiger partial charge in [-0.15, -0.1) is 0 Å². The first-order valence-electron chi connectivity index (χ1n) is 10.5. The molecule has 28 heavy (non-hydrogen) atoms. The van der Waals surface area contributed by atoms with Crippen LogP contribution in [-0.4, -0.2) is 67.5 Å². The van der Waals surface area contributed by atoms with Gasteiger partial charge in [0.1, 0.15) is 0 Å². The SMILES string of the molecule is Cc1ccccc1-c1cccc(CN2C[C@@H](CN3CCOCC3)[C@@H](CO)C2)c1. The van der Waals surface area contributed by atoms with Crippen LogP contribution in [0.15, 0.2) is 48.5 Å². The molecule has 4 rings (SSSR count). The molecular formula is C24H32N2O2. The third-order valence-corrected chi connectivity index (χ3v) is 6.27. The van der Waals surface area contributed by atoms with Crippen molar-refractivity contribution in [1.82, 2.24) is 9.80 Å². The lowest BCUT2D eigenvalue weighted by molar-refractivity contribution is 0.0264. The highest BCUT2D eigenvalue weighted by Crippen LogP contribution is 2.28. The van der Waals surface area contributed by atoms with Gasteiger partial charge in [0.2, 0.25) is 0 Å². The Kier molecular flexibility index (Phi) is 6.43. The van der Waals surface area contributed by atoms with Crippen LogP contribution in [0.25, 0.3) is 11.1 Å². The van der Waals surface area contributed by atoms with Crippen molar-refractivity contribution in [3.8, 4) is 11.1 Å². The molecule has 2 aromatic carbocycles. The minimum absolute atomic E-state index is 0.286. The predicted molar refractivity (Wildman–Crippen MR) is 113 cm³/mol. The van der Waals surface area contributed by atoms with E-state index in [-0.39, 0.29) is 6.61 Å². The Bertz CT molecular complexity index is 773. The lowest BCUT2D eigenvalue weighted by Gasteiger charge is -2.30. The largest absolute Gasteiger partial charge is 0.396 e. The molecule has 2 aromatic rings. The van der Waals surface area contributed by atoms with Gasteiger partial charge in [0.05, 0.1) is 13.2 Å². The zero-order valence-electron chi connectivity index (χ0n) is 16.9. The van der Waals surface area contributed by atoms with Crippen LogP contribution in [0, 0.1) is 18.8 Å². The fourth-order valence-electron chi connectivity index (χ4n) is 4.69. The number of aliphatic hydroxyl groups excluding tert-OH is 1. The Morgan fingerprint density at radius 1 is 0.964 bits per heavy atom. The van der Waals surface area contributed by atoms with Crippen LogP contribution in [0.1, 0.15) is 11.1 Å². The minimum atomic E-state index is 0.286. The quantitative estimate of drug-likeness (QED) is 0.836. The van der Waals surface area contributed by atoms with E-state index in [4.69, 9.17) is 4.74 Å². The van der Waals surface area contributed by atoms with E-state index >= 15 is 0 Å². The molecule has 0 saturated carbocycles. The summed E-state index contributed by atoms with van der Waals surface area (Å²) in [6.45, 7) is 10.3. The molecule has 4 nitrogen and oxygen atoms in total. The molecule has 2 atom stereocenters. The molecule has 0 aromatic heterocycles. The molecule has 2 saturated heterocycles. The number of hydrogen-bond acceptors (Lipinski definition) is 4. The number of aliphatic hydroxyl groups is 1. The number of rotatable bonds is 6. The van der Waals surface area contributed by atoms with E-state index in [1.54, 1.807) is 0 Å². The first-order valence-corrected chi connectivity index (χ1v) is 10.5. The van der Waals surface area contributed by atoms with Crippen LogP contribution in [0.2, 0.25) is 0 Å². The van der Waals surface area contributed by atoms with Crippen molar-refractivity contribution < 1.29 is 9.84 Å². The third kappa shape index (κ3) is 4.64. The summed E-state index contributed by atoms with van der Waals surface area (Å²) in [5, 5.41) is 9.90. The number of nitrogens with zero attached hydrogens (tertiary/aromatic N) is 2. The normalized spacial score (nSPS) is 23.9. The molecule has 2 heterocycles. The third-order valence-electron chi connectivity index (χ3n) is 6.27. The van der Waals surface area contributed by atoms with E-state index < -0.39 is 0 Å². The van der Waals surface area contributed by atoms with Crippen molar-refractivity contribution in [3.63, 3.8) is 0 Å². The summed E-state index contributed by atoms with van der Waals surface area (Å²) in [6, 6.07) is 17.5. The molecule has 1 N–H and O–H groups in total. The summed E-state index contributed by atoms with van der Waals surface area (Å²) in [7, 11) is 0. The van der Waals surface area contributed by atoms with Gasteiger partial charge in [-0.05, 0) is 47.1 Å². The molecule has 0 aliphatic carbocycles. The zero-order chi connectivity index (χ0) is 19.3. The van der Waals surface area contributed by atoms with Gasteiger partial charge in [0.25, 0.3) is 0 Å². The molecule has 2 aliphatic heterocycles. The van der Waals surface area contributed by atoms with Gasteiger partial charge in [-0.25, -0.2) is 0 Å². The maximum Gasteiger partial charge on any atom is 0.0594 e. The summed E-state index contributed by atoms with van der Waals surface area (Å²) in [4.78, 5) is 5.02. The van der Waals surface area contributed by atoms with Gasteiger partial charge in [0.15, 0.2) is 0 Å². The number of likely N-dealkylation sites (tertiary alicyclic amines) is 1. The number of hydrogen-bond donors (Lipinski definition) is 1. The van der Waals surface area contributed by atoms with Gasteiger partial charge in [0, 0.05) is 45.9 Å². The van der Waals surface area contributed by atoms with Crippen LogP contribution < -0.4 is 0 Å². The van der Waals surface area contributed by atoms with E-state index in [0.717, 1.165) is 52.5 Å². The molecule has 2 aliphatic rings. The van der Waals surface area contributed by atoms with Crippen LogP contribution in [0.3, 0.4) is 0 Å². The maximum atomic E-state index is 9.90. The van der Waals surface area contributed by atoms with Gasteiger partial charge in [-0.3, -0.25) is 9.80 Å². The van der Waals surface area contributed by atoms with Crippen molar-refractivity contribution in [1.29, 1.82) is 0 Å². The first kappa shape index (κ1) is 19.6. The number of aryl methyl sites for hydroxylation is 1. The Morgan fingerprint density at radius 2 is 1.75 bits per heavy atom. The van der Waals surface area contributed by atoms with Crippen molar-refractivity contribution in [2.45, 2.75) is 13.5 Å². The molecule has 4 heteroatoms. The van der Waals surface area contributed by atoms with Crippen LogP contribution in [0.4, 0.5) is 0 Å². The monoisotopic (exact) mass is 380 g/mol. The molecule has 0 amide bonds. The van der Waals surface area contributed by atoms with Crippen molar-refractivity contribution in [2.75, 3.05) is 52.5 Å². The predicted octanol–water partition coefficient (Wildman–Crippen LogP) is 3.03. The average molecular weight is 381 g/mol. The summed E-state index contributed by atoms with van der Waals surface area (Å²) in [5.74, 6) is 0.921. The van der Waals surface area contributed by atoms with Crippen molar-refractivity contribution in [3.05, 3.63) is 59.7 Å². The topological polar surface area (TPSA) is 35.9 Å². The molecule has 0 spiro atoms. The summed E-state index contributed by atoms with van der Waals surface area (Å²) in [6.07, 6.45) is 0. The molecule has 0 unspecified atom stereocenters. The highest BCUT2D eigenvalue weighted by Gasteiger charge is 2.33. The van der Waals surface area contributed by atoms with Crippen molar-refractivity contribution >= 4 is 0 Å². The summed E-state index contributed by atoms with van der Waals surface area (Å²) < 4.78 is 5.47. The second kappa shape index (κ2) is 9.19. The first-order chi connectivity index (χ1) is 13.7. The Balaban J connectivity index is 1.41. The molecule has 0 radical (unpaired) electrons. The van der Waals surface area contributed by atoms with Gasteiger partial charge in [-0.2, -0.15) is 0 Å². The van der Waals surface area contributed by atoms with E-state index in [1.807, 2.05) is 0 Å². The zero-order valence-corrected chi connectivity index (χ0v) is 16.9. The lowest BCUT2D eigenvalue weighted by Crippen LogP contribution is -2.41. The van der Waals surface area contributed by atoms with E-state index in [9.17, 15) is 5.11 Å². The second-order valence-electron chi connectivity index (χ2n) is 8.33. The molecule has 150 valence electrons. The Morgan fingerprint density at radius 3 is 2.54 bits per heavy atom. The van der Waals surface area contributed by atoms with Gasteiger partial charge >= 0.3 is 0 Å². The summed E-state index contributed by atoms with van der Waals surface area (Å²) in [5.41, 5.74) is 5.26. The average Bonchev–Trinajstić information content (AvgIpc) is 3.10. The van der Waals surface area contributed by atoms with Gasteiger partial charge in [-0.1, -0.05) is 42.5 Å². The fourth-order valence-corrected chi connectivity index (χ4v) is 4.69. The highest BCUT2D eigenvalue weighted by atomic mass is 16.5. The molecule has 0 bridgehead atoms. The van der Waals surface area contributed by atoms with E-state index in [0.29, 0.717) is 11.8 Å². The van der Waals surface area contributed by atoms with Crippen molar-refractivity contribution in [2.24, 2.45) is 11.8 Å². The van der Waals surface area contributed by atoms with E-state index in [1.165, 1.54) is 22.3 Å².